The molecule has 0 bridgehead atoms. The van der Waals surface area contributed by atoms with Crippen LogP contribution in [0.15, 0.2) is 17.5 Å². The number of carbonyl (C=O) groups is 3. The van der Waals surface area contributed by atoms with Gasteiger partial charge in [-0.15, -0.1) is 11.3 Å². The summed E-state index contributed by atoms with van der Waals surface area (Å²) in [6.45, 7) is 3.40. The summed E-state index contributed by atoms with van der Waals surface area (Å²) in [5.41, 5.74) is 0. The predicted molar refractivity (Wildman–Crippen MR) is 154 cm³/mol. The molecule has 14 heteroatoms. The number of likely N-dealkylation sites (tertiary alicyclic amines) is 3. The molecule has 4 heterocycles. The smallest absolute Gasteiger partial charge is 0.248 e. The zero-order valence-corrected chi connectivity index (χ0v) is 25.3. The summed E-state index contributed by atoms with van der Waals surface area (Å²) < 4.78 is 33.2. The van der Waals surface area contributed by atoms with Crippen molar-refractivity contribution in [3.63, 3.8) is 0 Å². The number of ether oxygens (including phenoxy) is 1. The minimum absolute atomic E-state index is 0.0396. The van der Waals surface area contributed by atoms with E-state index in [9.17, 15) is 22.8 Å². The summed E-state index contributed by atoms with van der Waals surface area (Å²) in [4.78, 5) is 46.7. The quantitative estimate of drug-likeness (QED) is 0.400. The largest absolute Gasteiger partial charge is 0.375 e. The summed E-state index contributed by atoms with van der Waals surface area (Å²) in [5.74, 6) is -0.531. The number of likely N-dealkylation sites (N-methyl/N-ethyl adjacent to an activating group) is 1. The number of carbonyl (C=O) groups excluding carboxylic acids is 3. The van der Waals surface area contributed by atoms with E-state index in [0.29, 0.717) is 35.1 Å². The first-order chi connectivity index (χ1) is 19.1. The van der Waals surface area contributed by atoms with Crippen molar-refractivity contribution in [2.45, 2.75) is 50.2 Å². The van der Waals surface area contributed by atoms with Crippen molar-refractivity contribution in [3.8, 4) is 0 Å². The molecular weight excluding hydrogens is 578 g/mol. The van der Waals surface area contributed by atoms with Gasteiger partial charge in [-0.25, -0.2) is 8.42 Å². The molecule has 1 aromatic rings. The van der Waals surface area contributed by atoms with Gasteiger partial charge in [0.1, 0.15) is 12.6 Å². The van der Waals surface area contributed by atoms with Gasteiger partial charge in [0, 0.05) is 69.3 Å². The van der Waals surface area contributed by atoms with Gasteiger partial charge in [-0.05, 0) is 50.3 Å². The molecule has 0 spiro atoms. The van der Waals surface area contributed by atoms with Crippen LogP contribution in [-0.2, 0) is 29.1 Å². The third kappa shape index (κ3) is 8.04. The van der Waals surface area contributed by atoms with E-state index < -0.39 is 16.1 Å². The average Bonchev–Trinajstić information content (AvgIpc) is 3.67. The Kier molecular flexibility index (Phi) is 10.6. The van der Waals surface area contributed by atoms with E-state index in [4.69, 9.17) is 16.3 Å². The molecule has 40 heavy (non-hydrogen) atoms. The second-order valence-corrected chi connectivity index (χ2v) is 13.9. The number of nitrogens with zero attached hydrogens (tertiary/aromatic N) is 4. The van der Waals surface area contributed by atoms with Crippen molar-refractivity contribution in [1.29, 1.82) is 0 Å². The number of methoxy groups -OCH3 is 1. The Morgan fingerprint density at radius 3 is 2.70 bits per heavy atom. The van der Waals surface area contributed by atoms with E-state index in [1.807, 2.05) is 4.90 Å². The molecule has 3 atom stereocenters. The Balaban J connectivity index is 1.29. The second kappa shape index (κ2) is 13.8. The number of nitrogens with one attached hydrogen (secondary N) is 1. The standard InChI is InChI=1S/C26H38ClN5O6S2/c1-29(25(34)18-38-2)19-9-13-30(15-19)16-20-5-3-12-32(20)24(33)17-31-11-4-6-22(26(31)35)28-40(36,37)14-10-21-7-8-23(27)39-21/h7-8,10,14,19-20,22,28H,3-6,9,11-13,15-18H2,1-2H3/t19?,20-,22-/m0/s1. The molecule has 3 aliphatic rings. The van der Waals surface area contributed by atoms with Gasteiger partial charge < -0.3 is 19.4 Å². The lowest BCUT2D eigenvalue weighted by atomic mass is 10.1. The maximum atomic E-state index is 13.3. The molecule has 0 aliphatic carbocycles. The molecule has 3 amide bonds. The zero-order chi connectivity index (χ0) is 28.9. The van der Waals surface area contributed by atoms with Crippen molar-refractivity contribution >= 4 is 56.8 Å². The van der Waals surface area contributed by atoms with Crippen LogP contribution in [0.4, 0.5) is 0 Å². The predicted octanol–water partition coefficient (Wildman–Crippen LogP) is 1.45. The average molecular weight is 616 g/mol. The van der Waals surface area contributed by atoms with Gasteiger partial charge in [-0.2, -0.15) is 4.72 Å². The number of sulfonamides is 1. The number of hydrogen-bond donors (Lipinski definition) is 1. The molecular formula is C26H38ClN5O6S2. The summed E-state index contributed by atoms with van der Waals surface area (Å²) >= 11 is 7.15. The molecule has 1 aromatic heterocycles. The number of hydrogen-bond acceptors (Lipinski definition) is 8. The van der Waals surface area contributed by atoms with E-state index in [2.05, 4.69) is 9.62 Å². The minimum Gasteiger partial charge on any atom is -0.375 e. The van der Waals surface area contributed by atoms with Crippen LogP contribution in [0, 0.1) is 0 Å². The topological polar surface area (TPSA) is 120 Å². The van der Waals surface area contributed by atoms with Crippen LogP contribution >= 0.6 is 22.9 Å². The monoisotopic (exact) mass is 615 g/mol. The Morgan fingerprint density at radius 2 is 1.98 bits per heavy atom. The molecule has 0 aromatic carbocycles. The summed E-state index contributed by atoms with van der Waals surface area (Å²) in [6.07, 6.45) is 5.10. The maximum absolute atomic E-state index is 13.3. The van der Waals surface area contributed by atoms with E-state index in [1.54, 1.807) is 24.1 Å². The Bertz CT molecular complexity index is 1210. The van der Waals surface area contributed by atoms with E-state index in [-0.39, 0.29) is 43.0 Å². The lowest BCUT2D eigenvalue weighted by molar-refractivity contribution is -0.143. The number of piperidine rings is 1. The molecule has 222 valence electrons. The molecule has 1 N–H and O–H groups in total. The molecule has 0 saturated carbocycles. The number of thiophene rings is 1. The maximum Gasteiger partial charge on any atom is 0.248 e. The van der Waals surface area contributed by atoms with Crippen molar-refractivity contribution in [3.05, 3.63) is 26.8 Å². The van der Waals surface area contributed by atoms with Gasteiger partial charge in [0.2, 0.25) is 27.7 Å². The zero-order valence-electron chi connectivity index (χ0n) is 23.0. The summed E-state index contributed by atoms with van der Waals surface area (Å²) in [6, 6.07) is 2.67. The fourth-order valence-electron chi connectivity index (χ4n) is 5.65. The Labute approximate surface area is 245 Å². The van der Waals surface area contributed by atoms with Gasteiger partial charge in [-0.1, -0.05) is 11.6 Å². The highest BCUT2D eigenvalue weighted by Crippen LogP contribution is 2.24. The lowest BCUT2D eigenvalue weighted by Gasteiger charge is -2.34. The SMILES string of the molecule is COCC(=O)N(C)C1CCN(C[C@@H]2CCCN2C(=O)CN2CCC[C@H](NS(=O)(=O)C=Cc3ccc(Cl)s3)C2=O)C1. The van der Waals surface area contributed by atoms with Crippen LogP contribution in [0.5, 0.6) is 0 Å². The molecule has 1 unspecified atom stereocenters. The fourth-order valence-corrected chi connectivity index (χ4v) is 7.72. The Hall–Kier alpha value is -2.03. The van der Waals surface area contributed by atoms with Crippen LogP contribution in [0.1, 0.15) is 37.0 Å². The van der Waals surface area contributed by atoms with Gasteiger partial charge in [0.25, 0.3) is 0 Å². The van der Waals surface area contributed by atoms with Gasteiger partial charge in [0.05, 0.1) is 10.9 Å². The molecule has 3 saturated heterocycles. The third-order valence-electron chi connectivity index (χ3n) is 7.79. The van der Waals surface area contributed by atoms with Gasteiger partial charge in [0.15, 0.2) is 0 Å². The first-order valence-corrected chi connectivity index (χ1v) is 16.3. The van der Waals surface area contributed by atoms with Gasteiger partial charge >= 0.3 is 0 Å². The van der Waals surface area contributed by atoms with E-state index >= 15 is 0 Å². The second-order valence-electron chi connectivity index (χ2n) is 10.6. The van der Waals surface area contributed by atoms with Crippen molar-refractivity contribution in [2.75, 3.05) is 60.0 Å². The van der Waals surface area contributed by atoms with E-state index in [1.165, 1.54) is 29.4 Å². The van der Waals surface area contributed by atoms with Crippen LogP contribution in [0.25, 0.3) is 6.08 Å². The minimum atomic E-state index is -3.86. The summed E-state index contributed by atoms with van der Waals surface area (Å²) in [7, 11) is -0.543. The third-order valence-corrected chi connectivity index (χ3v) is 10.1. The molecule has 3 fully saturated rings. The van der Waals surface area contributed by atoms with Crippen LogP contribution in [0.3, 0.4) is 0 Å². The van der Waals surface area contributed by atoms with E-state index in [0.717, 1.165) is 44.3 Å². The first kappa shape index (κ1) is 30.9. The van der Waals surface area contributed by atoms with Crippen LogP contribution < -0.4 is 4.72 Å². The summed E-state index contributed by atoms with van der Waals surface area (Å²) in [5, 5.41) is 1.04. The van der Waals surface area contributed by atoms with Gasteiger partial charge in [-0.3, -0.25) is 19.3 Å². The molecule has 4 rings (SSSR count). The first-order valence-electron chi connectivity index (χ1n) is 13.6. The Morgan fingerprint density at radius 1 is 1.20 bits per heavy atom. The number of amides is 3. The number of rotatable bonds is 11. The highest BCUT2D eigenvalue weighted by Gasteiger charge is 2.37. The molecule has 11 nitrogen and oxygen atoms in total. The van der Waals surface area contributed by atoms with Crippen molar-refractivity contribution < 1.29 is 27.5 Å². The van der Waals surface area contributed by atoms with Crippen molar-refractivity contribution in [1.82, 2.24) is 24.3 Å². The molecule has 3 aliphatic heterocycles. The fraction of sp³-hybridized carbons (Fsp3) is 0.654. The lowest BCUT2D eigenvalue weighted by Crippen LogP contribution is -2.55. The van der Waals surface area contributed by atoms with Crippen LogP contribution in [0.2, 0.25) is 4.34 Å². The molecule has 0 radical (unpaired) electrons. The van der Waals surface area contributed by atoms with Crippen molar-refractivity contribution in [2.24, 2.45) is 0 Å². The highest BCUT2D eigenvalue weighted by molar-refractivity contribution is 7.92. The van der Waals surface area contributed by atoms with Crippen LogP contribution in [-0.4, -0.2) is 124 Å². The highest BCUT2D eigenvalue weighted by atomic mass is 35.5. The number of halogens is 1. The normalized spacial score (nSPS) is 24.4.